The molecule has 0 aliphatic rings. The van der Waals surface area contributed by atoms with Crippen LogP contribution in [0.3, 0.4) is 0 Å². The number of carbonyl (C=O) groups excluding carboxylic acids is 3. The van der Waals surface area contributed by atoms with Crippen LogP contribution in [0.1, 0.15) is 24.5 Å². The summed E-state index contributed by atoms with van der Waals surface area (Å²) in [5.41, 5.74) is 11.3. The molecule has 40 heavy (non-hydrogen) atoms. The number of quaternary nitrogens is 1. The lowest BCUT2D eigenvalue weighted by molar-refractivity contribution is -0.311. The van der Waals surface area contributed by atoms with Crippen molar-refractivity contribution in [2.75, 3.05) is 34.4 Å². The summed E-state index contributed by atoms with van der Waals surface area (Å²) in [7, 11) is 4.76. The Balaban J connectivity index is 1.86. The first-order valence-corrected chi connectivity index (χ1v) is 13.5. The Kier molecular flexibility index (Phi) is 11.2. The zero-order valence-electron chi connectivity index (χ0n) is 23.8. The fourth-order valence-corrected chi connectivity index (χ4v) is 4.51. The van der Waals surface area contributed by atoms with E-state index in [-0.39, 0.29) is 49.8 Å². The second-order valence-corrected chi connectivity index (χ2v) is 10.1. The number of hydrogen-bond acceptors (Lipinski definition) is 6. The first-order valence-electron chi connectivity index (χ1n) is 13.5. The molecular formula is C31H41N4O5+. The number of carbonyl (C=O) groups is 3. The average molecular weight is 550 g/mol. The van der Waals surface area contributed by atoms with E-state index in [0.717, 1.165) is 28.3 Å². The minimum absolute atomic E-state index is 0.166. The van der Waals surface area contributed by atoms with Gasteiger partial charge in [-0.2, -0.15) is 0 Å². The van der Waals surface area contributed by atoms with Gasteiger partial charge in [0.15, 0.2) is 6.04 Å². The molecule has 3 atom stereocenters. The van der Waals surface area contributed by atoms with E-state index in [1.807, 2.05) is 61.5 Å². The van der Waals surface area contributed by atoms with Crippen LogP contribution in [-0.2, 0) is 32.0 Å². The first-order chi connectivity index (χ1) is 19.1. The van der Waals surface area contributed by atoms with Crippen molar-refractivity contribution in [2.24, 2.45) is 5.73 Å². The highest BCUT2D eigenvalue weighted by atomic mass is 16.5. The van der Waals surface area contributed by atoms with Gasteiger partial charge in [-0.1, -0.05) is 61.5 Å². The molecule has 0 heterocycles. The number of methoxy groups -OCH3 is 1. The summed E-state index contributed by atoms with van der Waals surface area (Å²) in [6, 6.07) is 19.4. The molecule has 0 aliphatic carbocycles. The Morgan fingerprint density at radius 2 is 1.50 bits per heavy atom. The van der Waals surface area contributed by atoms with E-state index >= 15 is 0 Å². The molecular weight excluding hydrogens is 508 g/mol. The lowest BCUT2D eigenvalue weighted by Crippen LogP contribution is -2.68. The standard InChI is InChI=1S/C31H40N4O5/c1-5-25(32)19-40-20-29(36)34(2)28(18-22-10-13-23-8-6-7-9-24(23)16-22)31(38)35(3)27(30(33)37)17-21-11-14-26(39-4)15-12-21/h6-16,25,27-28H,5,17-20,32H2,1-4H3,(H2,33,37)/p+1. The molecule has 0 saturated carbocycles. The van der Waals surface area contributed by atoms with Crippen LogP contribution in [0.15, 0.2) is 66.7 Å². The predicted molar refractivity (Wildman–Crippen MR) is 154 cm³/mol. The number of rotatable bonds is 14. The molecule has 0 saturated heterocycles. The van der Waals surface area contributed by atoms with Crippen LogP contribution in [0.2, 0.25) is 0 Å². The Bertz CT molecular complexity index is 1300. The van der Waals surface area contributed by atoms with Crippen LogP contribution >= 0.6 is 0 Å². The molecule has 3 rings (SSSR count). The number of fused-ring (bicyclic) bond motifs is 1. The molecule has 5 N–H and O–H groups in total. The molecule has 0 spiro atoms. The van der Waals surface area contributed by atoms with Crippen molar-refractivity contribution in [1.82, 2.24) is 9.80 Å². The molecule has 3 aromatic carbocycles. The largest absolute Gasteiger partial charge is 0.497 e. The predicted octanol–water partition coefficient (Wildman–Crippen LogP) is 1.81. The molecule has 9 heteroatoms. The van der Waals surface area contributed by atoms with Gasteiger partial charge in [0.2, 0.25) is 11.8 Å². The van der Waals surface area contributed by atoms with E-state index < -0.39 is 12.1 Å². The highest BCUT2D eigenvalue weighted by molar-refractivity contribution is 5.91. The van der Waals surface area contributed by atoms with Gasteiger partial charge >= 0.3 is 5.91 Å². The van der Waals surface area contributed by atoms with Gasteiger partial charge < -0.3 is 25.0 Å². The summed E-state index contributed by atoms with van der Waals surface area (Å²) in [5, 5.41) is 2.12. The minimum Gasteiger partial charge on any atom is -0.497 e. The Hall–Kier alpha value is -3.79. The van der Waals surface area contributed by atoms with Crippen LogP contribution in [-0.4, -0.2) is 80.1 Å². The zero-order chi connectivity index (χ0) is 29.2. The molecule has 0 aromatic heterocycles. The number of benzene rings is 3. The Labute approximate surface area is 236 Å². The molecule has 3 amide bonds. The van der Waals surface area contributed by atoms with Gasteiger partial charge in [0, 0.05) is 33.0 Å². The van der Waals surface area contributed by atoms with Crippen LogP contribution in [0.5, 0.6) is 5.75 Å². The molecule has 3 unspecified atom stereocenters. The second kappa shape index (κ2) is 14.6. The number of ether oxygens (including phenoxy) is 2. The fraction of sp³-hybridized carbons (Fsp3) is 0.387. The Morgan fingerprint density at radius 3 is 2.12 bits per heavy atom. The van der Waals surface area contributed by atoms with E-state index in [1.165, 1.54) is 9.80 Å². The zero-order valence-corrected chi connectivity index (χ0v) is 23.8. The number of likely N-dealkylation sites (N-methyl/N-ethyl adjacent to an activating group) is 2. The number of nitrogens with two attached hydrogens (primary N) is 1. The van der Waals surface area contributed by atoms with E-state index in [9.17, 15) is 14.4 Å². The first kappa shape index (κ1) is 30.7. The van der Waals surface area contributed by atoms with Crippen molar-refractivity contribution >= 4 is 28.5 Å². The smallest absolute Gasteiger partial charge is 0.331 e. The normalized spacial score (nSPS) is 13.3. The van der Waals surface area contributed by atoms with E-state index in [0.29, 0.717) is 5.75 Å². The number of nitrogens with zero attached hydrogens (tertiary/aromatic N) is 2. The third-order valence-corrected chi connectivity index (χ3v) is 7.25. The van der Waals surface area contributed by atoms with Gasteiger partial charge in [0.05, 0.1) is 13.7 Å². The maximum Gasteiger partial charge on any atom is 0.331 e. The highest BCUT2D eigenvalue weighted by Crippen LogP contribution is 2.20. The minimum atomic E-state index is -0.861. The quantitative estimate of drug-likeness (QED) is 0.316. The van der Waals surface area contributed by atoms with E-state index in [2.05, 4.69) is 5.73 Å². The van der Waals surface area contributed by atoms with Gasteiger partial charge in [-0.15, -0.1) is 0 Å². The topological polar surface area (TPSA) is 130 Å². The molecule has 0 bridgehead atoms. The van der Waals surface area contributed by atoms with Gasteiger partial charge in [-0.3, -0.25) is 15.3 Å². The lowest BCUT2D eigenvalue weighted by Gasteiger charge is -2.33. The van der Waals surface area contributed by atoms with Crippen LogP contribution in [0, 0.1) is 0 Å². The van der Waals surface area contributed by atoms with Crippen LogP contribution in [0.25, 0.3) is 10.8 Å². The summed E-state index contributed by atoms with van der Waals surface area (Å²) in [5.74, 6) is -0.390. The van der Waals surface area contributed by atoms with E-state index in [1.54, 1.807) is 33.3 Å². The molecule has 214 valence electrons. The van der Waals surface area contributed by atoms with Crippen molar-refractivity contribution in [3.63, 3.8) is 0 Å². The van der Waals surface area contributed by atoms with Crippen molar-refractivity contribution in [3.8, 4) is 5.75 Å². The molecule has 3 aromatic rings. The summed E-state index contributed by atoms with van der Waals surface area (Å²) in [6.45, 7) is 2.00. The summed E-state index contributed by atoms with van der Waals surface area (Å²) < 4.78 is 10.8. The molecule has 0 radical (unpaired) electrons. The van der Waals surface area contributed by atoms with Gasteiger partial charge in [0.25, 0.3) is 0 Å². The molecule has 0 aliphatic heterocycles. The SMILES string of the molecule is CCC(N)COCC(=O)N(C)C(Cc1ccc2ccccc2c1)C(=O)N(C)C(Cc1ccc(OC)cc1)C([NH3+])=O. The van der Waals surface area contributed by atoms with Gasteiger partial charge in [-0.05, 0) is 40.5 Å². The van der Waals surface area contributed by atoms with Gasteiger partial charge in [0.1, 0.15) is 18.4 Å². The lowest BCUT2D eigenvalue weighted by atomic mass is 9.98. The maximum atomic E-state index is 14.0. The summed E-state index contributed by atoms with van der Waals surface area (Å²) in [6.07, 6.45) is 1.28. The van der Waals surface area contributed by atoms with Crippen molar-refractivity contribution in [2.45, 2.75) is 44.3 Å². The van der Waals surface area contributed by atoms with Crippen LogP contribution < -0.4 is 16.2 Å². The van der Waals surface area contributed by atoms with E-state index in [4.69, 9.17) is 15.2 Å². The Morgan fingerprint density at radius 1 is 0.875 bits per heavy atom. The molecule has 9 nitrogen and oxygen atoms in total. The summed E-state index contributed by atoms with van der Waals surface area (Å²) in [4.78, 5) is 42.6. The second-order valence-electron chi connectivity index (χ2n) is 10.1. The number of hydrogen-bond donors (Lipinski definition) is 2. The summed E-state index contributed by atoms with van der Waals surface area (Å²) >= 11 is 0. The molecule has 0 fully saturated rings. The van der Waals surface area contributed by atoms with Gasteiger partial charge in [-0.25, -0.2) is 4.79 Å². The van der Waals surface area contributed by atoms with Crippen molar-refractivity contribution in [1.29, 1.82) is 0 Å². The fourth-order valence-electron chi connectivity index (χ4n) is 4.51. The van der Waals surface area contributed by atoms with Crippen molar-refractivity contribution < 1.29 is 29.6 Å². The van der Waals surface area contributed by atoms with Crippen LogP contribution in [0.4, 0.5) is 0 Å². The monoisotopic (exact) mass is 549 g/mol. The highest BCUT2D eigenvalue weighted by Gasteiger charge is 2.35. The third kappa shape index (κ3) is 8.11. The maximum absolute atomic E-state index is 14.0. The van der Waals surface area contributed by atoms with Crippen molar-refractivity contribution in [3.05, 3.63) is 77.9 Å². The average Bonchev–Trinajstić information content (AvgIpc) is 2.97. The third-order valence-electron chi connectivity index (χ3n) is 7.25. The number of amides is 3.